The second-order valence-corrected chi connectivity index (χ2v) is 7.64. The van der Waals surface area contributed by atoms with Crippen molar-refractivity contribution in [3.05, 3.63) is 71.2 Å². The van der Waals surface area contributed by atoms with Gasteiger partial charge in [0.2, 0.25) is 0 Å². The molecular formula is C24H24N4O. The molecule has 29 heavy (non-hydrogen) atoms. The van der Waals surface area contributed by atoms with Crippen LogP contribution in [0, 0.1) is 0 Å². The fraction of sp³-hybridized carbons (Fsp3) is 0.250. The normalized spacial score (nSPS) is 16.3. The van der Waals surface area contributed by atoms with Gasteiger partial charge >= 0.3 is 0 Å². The number of aromatic amines is 1. The van der Waals surface area contributed by atoms with E-state index in [4.69, 9.17) is 0 Å². The van der Waals surface area contributed by atoms with E-state index >= 15 is 0 Å². The highest BCUT2D eigenvalue weighted by molar-refractivity contribution is 5.97. The van der Waals surface area contributed by atoms with Gasteiger partial charge in [0.1, 0.15) is 0 Å². The molecule has 0 saturated carbocycles. The molecule has 0 radical (unpaired) electrons. The summed E-state index contributed by atoms with van der Waals surface area (Å²) in [7, 11) is 0. The van der Waals surface area contributed by atoms with E-state index in [0.717, 1.165) is 47.7 Å². The van der Waals surface area contributed by atoms with Gasteiger partial charge in [0.15, 0.2) is 0 Å². The third-order valence-corrected chi connectivity index (χ3v) is 5.71. The molecular weight excluding hydrogens is 360 g/mol. The lowest BCUT2D eigenvalue weighted by Crippen LogP contribution is -2.31. The van der Waals surface area contributed by atoms with Crippen LogP contribution < -0.4 is 10.2 Å². The number of benzene rings is 1. The Morgan fingerprint density at radius 3 is 2.76 bits per heavy atom. The van der Waals surface area contributed by atoms with Gasteiger partial charge in [0, 0.05) is 54.9 Å². The average Bonchev–Trinajstić information content (AvgIpc) is 3.43. The molecule has 0 atom stereocenters. The van der Waals surface area contributed by atoms with Crippen LogP contribution in [-0.2, 0) is 6.42 Å². The predicted molar refractivity (Wildman–Crippen MR) is 117 cm³/mol. The number of rotatable bonds is 4. The largest absolute Gasteiger partial charge is 0.371 e. The van der Waals surface area contributed by atoms with Crippen LogP contribution in [0.25, 0.3) is 23.4 Å². The Kier molecular flexibility index (Phi) is 4.64. The minimum absolute atomic E-state index is 0.00134. The molecule has 4 heterocycles. The number of pyridine rings is 1. The molecule has 1 fully saturated rings. The number of nitrogens with zero attached hydrogens (tertiary/aromatic N) is 2. The average molecular weight is 384 g/mol. The number of hydrogen-bond donors (Lipinski definition) is 2. The first kappa shape index (κ1) is 17.7. The van der Waals surface area contributed by atoms with Gasteiger partial charge in [0.25, 0.3) is 5.91 Å². The maximum atomic E-state index is 12.0. The van der Waals surface area contributed by atoms with Crippen molar-refractivity contribution in [2.75, 3.05) is 24.5 Å². The molecule has 5 nitrogen and oxygen atoms in total. The summed E-state index contributed by atoms with van der Waals surface area (Å²) in [5.74, 6) is 0.00134. The van der Waals surface area contributed by atoms with Gasteiger partial charge in [-0.05, 0) is 48.7 Å². The van der Waals surface area contributed by atoms with Crippen molar-refractivity contribution in [3.8, 4) is 11.3 Å². The smallest absolute Gasteiger partial charge is 0.253 e. The van der Waals surface area contributed by atoms with E-state index in [9.17, 15) is 4.79 Å². The number of para-hydroxylation sites is 1. The third kappa shape index (κ3) is 3.56. The van der Waals surface area contributed by atoms with Crippen LogP contribution in [0.15, 0.2) is 48.7 Å². The Morgan fingerprint density at radius 1 is 1.03 bits per heavy atom. The van der Waals surface area contributed by atoms with Gasteiger partial charge in [-0.25, -0.2) is 0 Å². The number of carbonyl (C=O) groups excluding carboxylic acids is 1. The van der Waals surface area contributed by atoms with Gasteiger partial charge < -0.3 is 15.2 Å². The second kappa shape index (κ2) is 7.59. The maximum Gasteiger partial charge on any atom is 0.253 e. The van der Waals surface area contributed by atoms with Crippen LogP contribution in [0.4, 0.5) is 5.69 Å². The molecule has 3 aromatic rings. The number of fused-ring (bicyclic) bond motifs is 1. The number of anilines is 1. The van der Waals surface area contributed by atoms with Gasteiger partial charge in [-0.3, -0.25) is 9.78 Å². The van der Waals surface area contributed by atoms with Gasteiger partial charge in [0.05, 0.1) is 11.3 Å². The van der Waals surface area contributed by atoms with Gasteiger partial charge in [-0.2, -0.15) is 0 Å². The zero-order valence-electron chi connectivity index (χ0n) is 16.3. The fourth-order valence-corrected chi connectivity index (χ4v) is 4.21. The lowest BCUT2D eigenvalue weighted by molar-refractivity contribution is 0.0946. The van der Waals surface area contributed by atoms with E-state index in [1.165, 1.54) is 24.1 Å². The van der Waals surface area contributed by atoms with Crippen LogP contribution in [0.1, 0.15) is 40.2 Å². The second-order valence-electron chi connectivity index (χ2n) is 7.64. The van der Waals surface area contributed by atoms with E-state index in [1.807, 2.05) is 18.3 Å². The fourth-order valence-electron chi connectivity index (χ4n) is 4.21. The van der Waals surface area contributed by atoms with Crippen molar-refractivity contribution in [1.29, 1.82) is 0 Å². The lowest BCUT2D eigenvalue weighted by Gasteiger charge is -2.19. The molecule has 1 aromatic carbocycles. The maximum absolute atomic E-state index is 12.0. The summed E-state index contributed by atoms with van der Waals surface area (Å²) in [6, 6.07) is 14.5. The molecule has 0 unspecified atom stereocenters. The Hall–Kier alpha value is -3.34. The predicted octanol–water partition coefficient (Wildman–Crippen LogP) is 4.13. The summed E-state index contributed by atoms with van der Waals surface area (Å²) >= 11 is 0. The SMILES string of the molecule is O=C1NCCc2[nH]c(-c3ccnc(C=Cc4ccccc4N4CCCC4)c3)cc21. The molecule has 0 bridgehead atoms. The molecule has 5 heteroatoms. The van der Waals surface area contributed by atoms with Crippen molar-refractivity contribution in [1.82, 2.24) is 15.3 Å². The van der Waals surface area contributed by atoms with E-state index in [2.05, 4.69) is 62.7 Å². The first-order valence-electron chi connectivity index (χ1n) is 10.3. The molecule has 5 rings (SSSR count). The highest BCUT2D eigenvalue weighted by atomic mass is 16.1. The molecule has 0 aliphatic carbocycles. The number of H-pyrrole nitrogens is 1. The number of hydrogen-bond acceptors (Lipinski definition) is 3. The zero-order chi connectivity index (χ0) is 19.6. The summed E-state index contributed by atoms with van der Waals surface area (Å²) in [5, 5.41) is 2.89. The number of carbonyl (C=O) groups is 1. The molecule has 1 amide bonds. The standard InChI is InChI=1S/C24H24N4O/c29-24-20-16-22(27-21(20)10-12-26-24)18-9-11-25-19(15-18)8-7-17-5-1-2-6-23(17)28-13-3-4-14-28/h1-2,5-9,11,15-16,27H,3-4,10,12-14H2,(H,26,29). The summed E-state index contributed by atoms with van der Waals surface area (Å²) in [5.41, 5.74) is 7.16. The first-order valence-corrected chi connectivity index (χ1v) is 10.3. The van der Waals surface area contributed by atoms with E-state index < -0.39 is 0 Å². The number of amides is 1. The monoisotopic (exact) mass is 384 g/mol. The third-order valence-electron chi connectivity index (χ3n) is 5.71. The molecule has 2 aliphatic rings. The minimum Gasteiger partial charge on any atom is -0.371 e. The van der Waals surface area contributed by atoms with Crippen LogP contribution in [0.5, 0.6) is 0 Å². The minimum atomic E-state index is 0.00134. The summed E-state index contributed by atoms with van der Waals surface area (Å²) in [4.78, 5) is 22.4. The van der Waals surface area contributed by atoms with Crippen molar-refractivity contribution in [2.24, 2.45) is 0 Å². The van der Waals surface area contributed by atoms with Crippen LogP contribution in [0.3, 0.4) is 0 Å². The Bertz CT molecular complexity index is 1080. The van der Waals surface area contributed by atoms with Crippen molar-refractivity contribution < 1.29 is 4.79 Å². The lowest BCUT2D eigenvalue weighted by atomic mass is 10.1. The Morgan fingerprint density at radius 2 is 1.90 bits per heavy atom. The Labute approximate surface area is 170 Å². The topological polar surface area (TPSA) is 61.0 Å². The van der Waals surface area contributed by atoms with E-state index in [1.54, 1.807) is 0 Å². The molecule has 2 aliphatic heterocycles. The first-order chi connectivity index (χ1) is 14.3. The van der Waals surface area contributed by atoms with Gasteiger partial charge in [-0.1, -0.05) is 24.3 Å². The number of nitrogens with one attached hydrogen (secondary N) is 2. The molecule has 2 N–H and O–H groups in total. The summed E-state index contributed by atoms with van der Waals surface area (Å²) in [6.45, 7) is 2.94. The van der Waals surface area contributed by atoms with Crippen molar-refractivity contribution >= 4 is 23.7 Å². The number of aromatic nitrogens is 2. The highest BCUT2D eigenvalue weighted by Crippen LogP contribution is 2.27. The summed E-state index contributed by atoms with van der Waals surface area (Å²) < 4.78 is 0. The zero-order valence-corrected chi connectivity index (χ0v) is 16.3. The highest BCUT2D eigenvalue weighted by Gasteiger charge is 2.20. The Balaban J connectivity index is 1.42. The van der Waals surface area contributed by atoms with Crippen molar-refractivity contribution in [2.45, 2.75) is 19.3 Å². The van der Waals surface area contributed by atoms with E-state index in [-0.39, 0.29) is 5.91 Å². The van der Waals surface area contributed by atoms with Crippen molar-refractivity contribution in [3.63, 3.8) is 0 Å². The van der Waals surface area contributed by atoms with Gasteiger partial charge in [-0.15, -0.1) is 0 Å². The van der Waals surface area contributed by atoms with Crippen LogP contribution in [-0.4, -0.2) is 35.5 Å². The molecule has 0 spiro atoms. The molecule has 146 valence electrons. The summed E-state index contributed by atoms with van der Waals surface area (Å²) in [6.07, 6.45) is 9.40. The van der Waals surface area contributed by atoms with Crippen LogP contribution in [0.2, 0.25) is 0 Å². The molecule has 1 saturated heterocycles. The van der Waals surface area contributed by atoms with E-state index in [0.29, 0.717) is 6.54 Å². The quantitative estimate of drug-likeness (QED) is 0.711. The molecule has 2 aromatic heterocycles. The van der Waals surface area contributed by atoms with Crippen LogP contribution >= 0.6 is 0 Å².